The number of aryl methyl sites for hydroxylation is 1. The maximum absolute atomic E-state index is 9.61. The first-order chi connectivity index (χ1) is 13.3. The Morgan fingerprint density at radius 3 is 2.68 bits per heavy atom. The molecule has 0 radical (unpaired) electrons. The second kappa shape index (κ2) is 7.92. The van der Waals surface area contributed by atoms with Gasteiger partial charge in [-0.05, 0) is 30.9 Å². The third kappa shape index (κ3) is 3.81. The number of nitriles is 1. The van der Waals surface area contributed by atoms with E-state index in [0.29, 0.717) is 39.6 Å². The molecule has 146 valence electrons. The molecule has 4 rings (SSSR count). The Morgan fingerprint density at radius 2 is 2.04 bits per heavy atom. The van der Waals surface area contributed by atoms with Gasteiger partial charge >= 0.3 is 0 Å². The number of nitrogen functional groups attached to an aromatic ring is 1. The van der Waals surface area contributed by atoms with Crippen LogP contribution in [0.3, 0.4) is 0 Å². The average Bonchev–Trinajstić information content (AvgIpc) is 3.07. The molecule has 1 aliphatic carbocycles. The number of rotatable bonds is 1. The number of halogens is 1. The van der Waals surface area contributed by atoms with Crippen molar-refractivity contribution in [1.29, 1.82) is 5.26 Å². The number of benzene rings is 1. The van der Waals surface area contributed by atoms with Crippen molar-refractivity contribution in [3.8, 4) is 28.7 Å². The molecule has 2 aliphatic rings. The maximum atomic E-state index is 9.61. The number of ether oxygens (including phenoxy) is 2. The monoisotopic (exact) mass is 402 g/mol. The highest BCUT2D eigenvalue weighted by molar-refractivity contribution is 6.33. The molecule has 0 spiro atoms. The molecule has 1 aromatic heterocycles. The maximum Gasteiger partial charge on any atom is 0.300 e. The van der Waals surface area contributed by atoms with E-state index in [1.54, 1.807) is 12.1 Å². The number of carboxylic acid groups (broad SMARTS) is 1. The van der Waals surface area contributed by atoms with Crippen molar-refractivity contribution in [2.45, 2.75) is 32.2 Å². The number of carbonyl (C=O) groups is 1. The summed E-state index contributed by atoms with van der Waals surface area (Å²) in [4.78, 5) is 13.4. The molecule has 0 amide bonds. The van der Waals surface area contributed by atoms with Gasteiger partial charge in [0.1, 0.15) is 17.5 Å². The fraction of sp³-hybridized carbons (Fsp3) is 0.316. The topological polar surface area (TPSA) is 144 Å². The molecule has 9 heteroatoms. The predicted octanol–water partition coefficient (Wildman–Crippen LogP) is 2.49. The van der Waals surface area contributed by atoms with Crippen molar-refractivity contribution in [3.63, 3.8) is 0 Å². The van der Waals surface area contributed by atoms with Crippen LogP contribution in [0.1, 0.15) is 30.2 Å². The fourth-order valence-corrected chi connectivity index (χ4v) is 3.57. The van der Waals surface area contributed by atoms with Crippen LogP contribution in [0.4, 0.5) is 5.82 Å². The van der Waals surface area contributed by atoms with Crippen LogP contribution < -0.4 is 20.9 Å². The highest BCUT2D eigenvalue weighted by Gasteiger charge is 2.27. The number of aliphatic carboxylic acids is 1. The SMILES string of the molecule is CC(=O)O.N#Cc1c(N)nc2c(c1-c1cc3c(cc1Cl)OCO3)CC(N)CC2. The third-order valence-corrected chi connectivity index (χ3v) is 4.79. The van der Waals surface area contributed by atoms with Gasteiger partial charge in [-0.2, -0.15) is 5.26 Å². The number of anilines is 1. The van der Waals surface area contributed by atoms with Gasteiger partial charge in [0.2, 0.25) is 6.79 Å². The van der Waals surface area contributed by atoms with E-state index in [0.717, 1.165) is 31.0 Å². The molecular weight excluding hydrogens is 384 g/mol. The van der Waals surface area contributed by atoms with Crippen LogP contribution in [0.25, 0.3) is 11.1 Å². The summed E-state index contributed by atoms with van der Waals surface area (Å²) in [7, 11) is 0. The molecule has 0 saturated heterocycles. The summed E-state index contributed by atoms with van der Waals surface area (Å²) in [6.45, 7) is 1.24. The van der Waals surface area contributed by atoms with Crippen LogP contribution in [-0.2, 0) is 17.6 Å². The summed E-state index contributed by atoms with van der Waals surface area (Å²) in [6.07, 6.45) is 2.22. The zero-order valence-electron chi connectivity index (χ0n) is 15.2. The van der Waals surface area contributed by atoms with Gasteiger partial charge in [-0.3, -0.25) is 4.79 Å². The molecule has 8 nitrogen and oxygen atoms in total. The first kappa shape index (κ1) is 19.7. The molecule has 5 N–H and O–H groups in total. The van der Waals surface area contributed by atoms with E-state index in [4.69, 9.17) is 42.4 Å². The molecule has 2 aromatic rings. The molecule has 1 unspecified atom stereocenters. The van der Waals surface area contributed by atoms with E-state index in [2.05, 4.69) is 11.1 Å². The van der Waals surface area contributed by atoms with Gasteiger partial charge in [-0.25, -0.2) is 4.98 Å². The normalized spacial score (nSPS) is 16.4. The summed E-state index contributed by atoms with van der Waals surface area (Å²) in [5.74, 6) is 0.577. The van der Waals surface area contributed by atoms with Crippen LogP contribution in [0.5, 0.6) is 11.5 Å². The van der Waals surface area contributed by atoms with E-state index in [-0.39, 0.29) is 18.7 Å². The molecule has 28 heavy (non-hydrogen) atoms. The van der Waals surface area contributed by atoms with Gasteiger partial charge in [-0.1, -0.05) is 11.6 Å². The summed E-state index contributed by atoms with van der Waals surface area (Å²) >= 11 is 6.47. The van der Waals surface area contributed by atoms with Crippen molar-refractivity contribution in [2.24, 2.45) is 5.73 Å². The van der Waals surface area contributed by atoms with E-state index in [1.165, 1.54) is 0 Å². The molecular formula is C19H19ClN4O4. The first-order valence-corrected chi connectivity index (χ1v) is 8.95. The van der Waals surface area contributed by atoms with Crippen LogP contribution in [-0.4, -0.2) is 28.9 Å². The third-order valence-electron chi connectivity index (χ3n) is 4.47. The molecule has 0 fully saturated rings. The highest BCUT2D eigenvalue weighted by Crippen LogP contribution is 2.44. The number of pyridine rings is 1. The molecule has 1 atom stereocenters. The number of hydrogen-bond donors (Lipinski definition) is 3. The second-order valence-corrected chi connectivity index (χ2v) is 6.90. The highest BCUT2D eigenvalue weighted by atomic mass is 35.5. The number of fused-ring (bicyclic) bond motifs is 2. The molecule has 2 heterocycles. The Labute approximate surface area is 166 Å². The Morgan fingerprint density at radius 1 is 1.39 bits per heavy atom. The summed E-state index contributed by atoms with van der Waals surface area (Å²) in [5, 5.41) is 17.5. The zero-order chi connectivity index (χ0) is 20.4. The van der Waals surface area contributed by atoms with Gasteiger partial charge in [0.25, 0.3) is 5.97 Å². The number of nitrogens with two attached hydrogens (primary N) is 2. The van der Waals surface area contributed by atoms with Crippen molar-refractivity contribution in [3.05, 3.63) is 34.0 Å². The second-order valence-electron chi connectivity index (χ2n) is 6.49. The van der Waals surface area contributed by atoms with E-state index >= 15 is 0 Å². The minimum Gasteiger partial charge on any atom is -0.481 e. The molecule has 1 aliphatic heterocycles. The summed E-state index contributed by atoms with van der Waals surface area (Å²) in [5.41, 5.74) is 15.7. The Balaban J connectivity index is 0.000000516. The summed E-state index contributed by atoms with van der Waals surface area (Å²) in [6, 6.07) is 5.68. The Kier molecular flexibility index (Phi) is 5.58. The molecule has 0 saturated carbocycles. The van der Waals surface area contributed by atoms with Gasteiger partial charge in [0, 0.05) is 35.9 Å². The molecule has 0 bridgehead atoms. The van der Waals surface area contributed by atoms with Gasteiger partial charge < -0.3 is 26.0 Å². The van der Waals surface area contributed by atoms with Crippen molar-refractivity contribution in [1.82, 2.24) is 4.98 Å². The van der Waals surface area contributed by atoms with E-state index < -0.39 is 5.97 Å². The summed E-state index contributed by atoms with van der Waals surface area (Å²) < 4.78 is 10.8. The number of nitrogens with zero attached hydrogens (tertiary/aromatic N) is 2. The smallest absolute Gasteiger partial charge is 0.300 e. The zero-order valence-corrected chi connectivity index (χ0v) is 15.9. The fourth-order valence-electron chi connectivity index (χ4n) is 3.32. The van der Waals surface area contributed by atoms with Crippen LogP contribution in [0, 0.1) is 11.3 Å². The van der Waals surface area contributed by atoms with E-state index in [1.807, 2.05) is 0 Å². The first-order valence-electron chi connectivity index (χ1n) is 8.57. The predicted molar refractivity (Wildman–Crippen MR) is 103 cm³/mol. The lowest BCUT2D eigenvalue weighted by molar-refractivity contribution is -0.134. The van der Waals surface area contributed by atoms with Crippen molar-refractivity contribution in [2.75, 3.05) is 12.5 Å². The van der Waals surface area contributed by atoms with E-state index in [9.17, 15) is 5.26 Å². The number of hydrogen-bond acceptors (Lipinski definition) is 7. The van der Waals surface area contributed by atoms with Gasteiger partial charge in [0.15, 0.2) is 11.5 Å². The lowest BCUT2D eigenvalue weighted by Gasteiger charge is -2.25. The minimum absolute atomic E-state index is 0.0287. The Bertz CT molecular complexity index is 983. The quantitative estimate of drug-likeness (QED) is 0.659. The lowest BCUT2D eigenvalue weighted by atomic mass is 9.84. The van der Waals surface area contributed by atoms with Crippen molar-refractivity contribution < 1.29 is 19.4 Å². The van der Waals surface area contributed by atoms with Crippen molar-refractivity contribution >= 4 is 23.4 Å². The number of carboxylic acids is 1. The largest absolute Gasteiger partial charge is 0.481 e. The van der Waals surface area contributed by atoms with Crippen LogP contribution >= 0.6 is 11.6 Å². The van der Waals surface area contributed by atoms with Crippen LogP contribution in [0.15, 0.2) is 12.1 Å². The standard InChI is InChI=1S/C17H15ClN4O2.C2H4O2/c18-12-5-15-14(23-7-24-15)4-9(12)16-10-3-8(20)1-2-13(10)22-17(21)11(16)6-19;1-2(3)4/h4-5,8H,1-3,7,20H2,(H2,21,22);1H3,(H,3,4). The Hall–Kier alpha value is -3.02. The molecule has 1 aromatic carbocycles. The number of aromatic nitrogens is 1. The lowest BCUT2D eigenvalue weighted by Crippen LogP contribution is -2.29. The average molecular weight is 403 g/mol. The van der Waals surface area contributed by atoms with Gasteiger partial charge in [-0.15, -0.1) is 0 Å². The van der Waals surface area contributed by atoms with Gasteiger partial charge in [0.05, 0.1) is 5.02 Å². The van der Waals surface area contributed by atoms with Crippen LogP contribution in [0.2, 0.25) is 5.02 Å². The minimum atomic E-state index is -0.833.